The van der Waals surface area contributed by atoms with Crippen LogP contribution < -0.4 is 5.32 Å². The Morgan fingerprint density at radius 2 is 1.84 bits per heavy atom. The lowest BCUT2D eigenvalue weighted by Crippen LogP contribution is -2.35. The van der Waals surface area contributed by atoms with Crippen LogP contribution in [0.4, 0.5) is 13.2 Å². The lowest BCUT2D eigenvalue weighted by Gasteiger charge is -2.26. The van der Waals surface area contributed by atoms with Gasteiger partial charge in [-0.2, -0.15) is 13.2 Å². The van der Waals surface area contributed by atoms with Gasteiger partial charge in [-0.25, -0.2) is 0 Å². The number of halogens is 3. The number of hydrogen-bond acceptors (Lipinski definition) is 1. The van der Waals surface area contributed by atoms with E-state index in [9.17, 15) is 18.0 Å². The number of carbonyl (C=O) groups is 1. The van der Waals surface area contributed by atoms with Crippen molar-refractivity contribution in [3.63, 3.8) is 0 Å². The number of rotatable bonds is 3. The Hall–Kier alpha value is -1.52. The standard InChI is InChI=1S/C14H16F3NO/c1-9(18-13(19)11-3-2-4-11)10-5-7-12(8-6-10)14(15,16)17/h5-9,11H,2-4H2,1H3,(H,18,19). The molecule has 1 aromatic rings. The summed E-state index contributed by atoms with van der Waals surface area (Å²) >= 11 is 0. The summed E-state index contributed by atoms with van der Waals surface area (Å²) in [6, 6.07) is 4.64. The van der Waals surface area contributed by atoms with Gasteiger partial charge < -0.3 is 5.32 Å². The van der Waals surface area contributed by atoms with Crippen LogP contribution in [0.15, 0.2) is 24.3 Å². The first kappa shape index (κ1) is 13.9. The zero-order valence-electron chi connectivity index (χ0n) is 10.6. The number of amides is 1. The third-order valence-corrected chi connectivity index (χ3v) is 3.57. The zero-order valence-corrected chi connectivity index (χ0v) is 10.6. The van der Waals surface area contributed by atoms with Crippen LogP contribution >= 0.6 is 0 Å². The van der Waals surface area contributed by atoms with E-state index in [1.54, 1.807) is 6.92 Å². The lowest BCUT2D eigenvalue weighted by atomic mass is 9.84. The second kappa shape index (κ2) is 5.23. The maximum atomic E-state index is 12.4. The molecule has 0 aliphatic heterocycles. The number of nitrogens with one attached hydrogen (secondary N) is 1. The van der Waals surface area contributed by atoms with Gasteiger partial charge in [-0.15, -0.1) is 0 Å². The van der Waals surface area contributed by atoms with Crippen molar-refractivity contribution in [2.24, 2.45) is 5.92 Å². The van der Waals surface area contributed by atoms with Gasteiger partial charge in [0.2, 0.25) is 5.91 Å². The van der Waals surface area contributed by atoms with E-state index in [0.717, 1.165) is 31.4 Å². The molecule has 0 radical (unpaired) electrons. The molecule has 1 fully saturated rings. The molecule has 0 spiro atoms. The molecule has 1 amide bonds. The molecule has 1 N–H and O–H groups in total. The van der Waals surface area contributed by atoms with Crippen LogP contribution in [-0.2, 0) is 11.0 Å². The van der Waals surface area contributed by atoms with Crippen molar-refractivity contribution in [3.8, 4) is 0 Å². The maximum Gasteiger partial charge on any atom is 0.416 e. The van der Waals surface area contributed by atoms with E-state index in [2.05, 4.69) is 5.32 Å². The van der Waals surface area contributed by atoms with E-state index in [1.165, 1.54) is 12.1 Å². The van der Waals surface area contributed by atoms with Gasteiger partial charge in [0.1, 0.15) is 0 Å². The fourth-order valence-corrected chi connectivity index (χ4v) is 2.05. The second-order valence-corrected chi connectivity index (χ2v) is 4.98. The summed E-state index contributed by atoms with van der Waals surface area (Å²) in [5.41, 5.74) is 0.00874. The van der Waals surface area contributed by atoms with Crippen LogP contribution in [0.25, 0.3) is 0 Å². The SMILES string of the molecule is CC(NC(=O)C1CCC1)c1ccc(C(F)(F)F)cc1. The number of hydrogen-bond donors (Lipinski definition) is 1. The summed E-state index contributed by atoms with van der Waals surface area (Å²) in [4.78, 5) is 11.7. The van der Waals surface area contributed by atoms with E-state index in [1.807, 2.05) is 0 Å². The predicted molar refractivity (Wildman–Crippen MR) is 65.3 cm³/mol. The van der Waals surface area contributed by atoms with Crippen molar-refractivity contribution in [1.29, 1.82) is 0 Å². The molecule has 1 saturated carbocycles. The quantitative estimate of drug-likeness (QED) is 0.892. The Kier molecular flexibility index (Phi) is 3.83. The third-order valence-electron chi connectivity index (χ3n) is 3.57. The zero-order chi connectivity index (χ0) is 14.0. The van der Waals surface area contributed by atoms with Gasteiger partial charge in [0.25, 0.3) is 0 Å². The Labute approximate surface area is 110 Å². The Morgan fingerprint density at radius 3 is 2.26 bits per heavy atom. The minimum Gasteiger partial charge on any atom is -0.349 e. The number of alkyl halides is 3. The number of carbonyl (C=O) groups excluding carboxylic acids is 1. The largest absolute Gasteiger partial charge is 0.416 e. The summed E-state index contributed by atoms with van der Waals surface area (Å²) < 4.78 is 37.3. The fourth-order valence-electron chi connectivity index (χ4n) is 2.05. The van der Waals surface area contributed by atoms with E-state index in [0.29, 0.717) is 5.56 Å². The van der Waals surface area contributed by atoms with E-state index in [4.69, 9.17) is 0 Å². The highest BCUT2D eigenvalue weighted by Crippen LogP contribution is 2.30. The van der Waals surface area contributed by atoms with Gasteiger partial charge in [-0.1, -0.05) is 18.6 Å². The van der Waals surface area contributed by atoms with Gasteiger partial charge in [-0.3, -0.25) is 4.79 Å². The van der Waals surface area contributed by atoms with Crippen LogP contribution in [-0.4, -0.2) is 5.91 Å². The van der Waals surface area contributed by atoms with Crippen molar-refractivity contribution < 1.29 is 18.0 Å². The van der Waals surface area contributed by atoms with Crippen molar-refractivity contribution in [2.45, 2.75) is 38.4 Å². The lowest BCUT2D eigenvalue weighted by molar-refractivity contribution is -0.137. The monoisotopic (exact) mass is 271 g/mol. The molecular weight excluding hydrogens is 255 g/mol. The third kappa shape index (κ3) is 3.28. The Morgan fingerprint density at radius 1 is 1.26 bits per heavy atom. The van der Waals surface area contributed by atoms with Crippen molar-refractivity contribution in [2.75, 3.05) is 0 Å². The molecule has 104 valence electrons. The van der Waals surface area contributed by atoms with Gasteiger partial charge in [-0.05, 0) is 37.5 Å². The molecule has 0 heterocycles. The first-order valence-electron chi connectivity index (χ1n) is 6.35. The van der Waals surface area contributed by atoms with Crippen LogP contribution in [0.2, 0.25) is 0 Å². The summed E-state index contributed by atoms with van der Waals surface area (Å²) in [7, 11) is 0. The summed E-state index contributed by atoms with van der Waals surface area (Å²) in [6.07, 6.45) is -1.43. The van der Waals surface area contributed by atoms with Gasteiger partial charge >= 0.3 is 6.18 Å². The van der Waals surface area contributed by atoms with Crippen molar-refractivity contribution >= 4 is 5.91 Å². The van der Waals surface area contributed by atoms with E-state index >= 15 is 0 Å². The van der Waals surface area contributed by atoms with Gasteiger partial charge in [0.05, 0.1) is 11.6 Å². The molecule has 1 unspecified atom stereocenters. The molecule has 1 atom stereocenters. The molecular formula is C14H16F3NO. The Balaban J connectivity index is 1.99. The summed E-state index contributed by atoms with van der Waals surface area (Å²) in [6.45, 7) is 1.78. The molecule has 0 saturated heterocycles. The normalized spacial score (nSPS) is 17.7. The Bertz CT molecular complexity index is 449. The van der Waals surface area contributed by atoms with Crippen LogP contribution in [0, 0.1) is 5.92 Å². The van der Waals surface area contributed by atoms with Crippen molar-refractivity contribution in [1.82, 2.24) is 5.32 Å². The topological polar surface area (TPSA) is 29.1 Å². The minimum atomic E-state index is -4.32. The molecule has 5 heteroatoms. The van der Waals surface area contributed by atoms with Crippen LogP contribution in [0.3, 0.4) is 0 Å². The van der Waals surface area contributed by atoms with Gasteiger partial charge in [0.15, 0.2) is 0 Å². The van der Waals surface area contributed by atoms with Crippen LogP contribution in [0.1, 0.15) is 43.4 Å². The predicted octanol–water partition coefficient (Wildman–Crippen LogP) is 3.68. The molecule has 2 nitrogen and oxygen atoms in total. The molecule has 1 aliphatic rings. The molecule has 1 aromatic carbocycles. The number of benzene rings is 1. The molecule has 1 aliphatic carbocycles. The van der Waals surface area contributed by atoms with Gasteiger partial charge in [0, 0.05) is 5.92 Å². The fraction of sp³-hybridized carbons (Fsp3) is 0.500. The first-order chi connectivity index (χ1) is 8.88. The highest BCUT2D eigenvalue weighted by atomic mass is 19.4. The smallest absolute Gasteiger partial charge is 0.349 e. The summed E-state index contributed by atoms with van der Waals surface area (Å²) in [5.74, 6) is 0.0792. The van der Waals surface area contributed by atoms with Crippen molar-refractivity contribution in [3.05, 3.63) is 35.4 Å². The highest BCUT2D eigenvalue weighted by Gasteiger charge is 2.30. The first-order valence-corrected chi connectivity index (χ1v) is 6.35. The maximum absolute atomic E-state index is 12.4. The minimum absolute atomic E-state index is 0.00125. The molecule has 2 rings (SSSR count). The second-order valence-electron chi connectivity index (χ2n) is 4.98. The molecule has 0 aromatic heterocycles. The highest BCUT2D eigenvalue weighted by molar-refractivity contribution is 5.79. The van der Waals surface area contributed by atoms with E-state index < -0.39 is 11.7 Å². The average molecular weight is 271 g/mol. The molecule has 0 bridgehead atoms. The van der Waals surface area contributed by atoms with E-state index in [-0.39, 0.29) is 17.9 Å². The van der Waals surface area contributed by atoms with Crippen LogP contribution in [0.5, 0.6) is 0 Å². The summed E-state index contributed by atoms with van der Waals surface area (Å²) in [5, 5.41) is 2.84. The average Bonchev–Trinajstić information content (AvgIpc) is 2.25. The molecule has 19 heavy (non-hydrogen) atoms.